The van der Waals surface area contributed by atoms with Gasteiger partial charge in [-0.2, -0.15) is 0 Å². The third kappa shape index (κ3) is 3.15. The van der Waals surface area contributed by atoms with Gasteiger partial charge in [0.25, 0.3) is 0 Å². The summed E-state index contributed by atoms with van der Waals surface area (Å²) in [6.45, 7) is 3.86. The first kappa shape index (κ1) is 15.8. The number of rotatable bonds is 4. The van der Waals surface area contributed by atoms with Crippen LogP contribution in [0.2, 0.25) is 0 Å². The summed E-state index contributed by atoms with van der Waals surface area (Å²) in [6, 6.07) is 9.48. The van der Waals surface area contributed by atoms with E-state index in [1.807, 2.05) is 0 Å². The lowest BCUT2D eigenvalue weighted by Crippen LogP contribution is -2.03. The zero-order valence-corrected chi connectivity index (χ0v) is 13.2. The molecule has 0 aliphatic rings. The van der Waals surface area contributed by atoms with E-state index in [9.17, 15) is 9.18 Å². The largest absolute Gasteiger partial charge is 0.462 e. The van der Waals surface area contributed by atoms with Crippen molar-refractivity contribution in [2.45, 2.75) is 13.8 Å². The fraction of sp³-hybridized carbons (Fsp3) is 0.176. The van der Waals surface area contributed by atoms with Crippen LogP contribution in [-0.2, 0) is 4.74 Å². The maximum Gasteiger partial charge on any atom is 0.338 e. The lowest BCUT2D eigenvalue weighted by molar-refractivity contribution is 0.0526. The number of imidazole rings is 1. The molecule has 0 bridgehead atoms. The number of benzene rings is 1. The highest BCUT2D eigenvalue weighted by atomic mass is 19.1. The summed E-state index contributed by atoms with van der Waals surface area (Å²) in [7, 11) is 0. The Bertz CT molecular complexity index is 916. The number of fused-ring (bicyclic) bond motifs is 1. The number of pyridine rings is 1. The van der Waals surface area contributed by atoms with E-state index >= 15 is 0 Å². The lowest BCUT2D eigenvalue weighted by atomic mass is 10.2. The normalized spacial score (nSPS) is 11.3. The number of hydrogen-bond donors (Lipinski definition) is 0. The van der Waals surface area contributed by atoms with Gasteiger partial charge in [-0.05, 0) is 50.2 Å². The van der Waals surface area contributed by atoms with Gasteiger partial charge in [0.05, 0.1) is 23.6 Å². The number of carbonyl (C=O) groups excluding carboxylic acids is 1. The van der Waals surface area contributed by atoms with Crippen LogP contribution in [0.3, 0.4) is 0 Å². The zero-order valence-electron chi connectivity index (χ0n) is 13.2. The highest BCUT2D eigenvalue weighted by Crippen LogP contribution is 2.24. The average molecular weight is 326 g/mol. The van der Waals surface area contributed by atoms with Gasteiger partial charge in [-0.1, -0.05) is 0 Å². The Balaban J connectivity index is 1.87. The highest BCUT2D eigenvalue weighted by molar-refractivity contribution is 5.89. The van der Waals surface area contributed by atoms with Crippen molar-refractivity contribution >= 4 is 23.1 Å². The summed E-state index contributed by atoms with van der Waals surface area (Å²) in [5.74, 6) is -0.303. The first-order valence-electron chi connectivity index (χ1n) is 7.41. The fourth-order valence-corrected chi connectivity index (χ4v) is 2.23. The number of hydrogen-bond acceptors (Lipinski definition) is 5. The van der Waals surface area contributed by atoms with Crippen LogP contribution in [0.5, 0.6) is 0 Å². The summed E-state index contributed by atoms with van der Waals surface area (Å²) in [5.41, 5.74) is 2.26. The molecule has 0 saturated carbocycles. The van der Waals surface area contributed by atoms with Crippen LogP contribution in [0, 0.1) is 12.7 Å². The summed E-state index contributed by atoms with van der Waals surface area (Å²) < 4.78 is 19.9. The number of nitrogens with zero attached hydrogens (tertiary/aromatic N) is 4. The van der Waals surface area contributed by atoms with Crippen molar-refractivity contribution in [3.8, 4) is 0 Å². The molecule has 6 nitrogen and oxygen atoms in total. The van der Waals surface area contributed by atoms with Crippen molar-refractivity contribution in [3.05, 3.63) is 59.7 Å². The van der Waals surface area contributed by atoms with Gasteiger partial charge in [-0.3, -0.25) is 4.40 Å². The number of halogens is 1. The molecule has 0 saturated heterocycles. The predicted molar refractivity (Wildman–Crippen MR) is 86.5 cm³/mol. The second kappa shape index (κ2) is 6.57. The second-order valence-electron chi connectivity index (χ2n) is 5.06. The molecule has 7 heteroatoms. The zero-order chi connectivity index (χ0) is 17.1. The molecular formula is C17H15FN4O2. The first-order chi connectivity index (χ1) is 11.6. The van der Waals surface area contributed by atoms with Crippen LogP contribution in [0.1, 0.15) is 23.0 Å². The van der Waals surface area contributed by atoms with Gasteiger partial charge in [0.1, 0.15) is 11.5 Å². The van der Waals surface area contributed by atoms with Gasteiger partial charge in [-0.15, -0.1) is 10.2 Å². The fourth-order valence-electron chi connectivity index (χ4n) is 2.23. The van der Waals surface area contributed by atoms with E-state index in [4.69, 9.17) is 4.74 Å². The number of ether oxygens (including phenoxy) is 1. The molecule has 0 aliphatic heterocycles. The Kier molecular flexibility index (Phi) is 4.33. The van der Waals surface area contributed by atoms with Crippen LogP contribution in [0.15, 0.2) is 52.8 Å². The molecule has 24 heavy (non-hydrogen) atoms. The van der Waals surface area contributed by atoms with E-state index in [-0.39, 0.29) is 11.8 Å². The lowest BCUT2D eigenvalue weighted by Gasteiger charge is -2.01. The Labute approximate surface area is 137 Å². The molecular weight excluding hydrogens is 311 g/mol. The smallest absolute Gasteiger partial charge is 0.338 e. The second-order valence-corrected chi connectivity index (χ2v) is 5.06. The van der Waals surface area contributed by atoms with Crippen molar-refractivity contribution in [3.63, 3.8) is 0 Å². The van der Waals surface area contributed by atoms with Gasteiger partial charge in [0, 0.05) is 6.20 Å². The van der Waals surface area contributed by atoms with Crippen molar-refractivity contribution in [2.75, 3.05) is 6.61 Å². The number of esters is 1. The molecule has 0 spiro atoms. The van der Waals surface area contributed by atoms with Crippen molar-refractivity contribution in [2.24, 2.45) is 10.2 Å². The van der Waals surface area contributed by atoms with E-state index < -0.39 is 0 Å². The molecule has 0 radical (unpaired) electrons. The molecule has 1 aromatic carbocycles. The molecule has 122 valence electrons. The predicted octanol–water partition coefficient (Wildman–Crippen LogP) is 4.37. The van der Waals surface area contributed by atoms with Crippen LogP contribution in [0.25, 0.3) is 5.65 Å². The maximum absolute atomic E-state index is 13.4. The Morgan fingerprint density at radius 3 is 2.67 bits per heavy atom. The van der Waals surface area contributed by atoms with Gasteiger partial charge >= 0.3 is 5.97 Å². The summed E-state index contributed by atoms with van der Waals surface area (Å²) in [6.07, 6.45) is 1.31. The van der Waals surface area contributed by atoms with Gasteiger partial charge in [-0.25, -0.2) is 14.2 Å². The van der Waals surface area contributed by atoms with Crippen LogP contribution >= 0.6 is 0 Å². The minimum absolute atomic E-state index is 0.324. The number of aromatic nitrogens is 2. The van der Waals surface area contributed by atoms with Crippen molar-refractivity contribution in [1.29, 1.82) is 0 Å². The van der Waals surface area contributed by atoms with Gasteiger partial charge < -0.3 is 4.74 Å². The summed E-state index contributed by atoms with van der Waals surface area (Å²) in [4.78, 5) is 15.9. The van der Waals surface area contributed by atoms with E-state index in [1.54, 1.807) is 48.6 Å². The quantitative estimate of drug-likeness (QED) is 0.528. The minimum Gasteiger partial charge on any atom is -0.462 e. The Morgan fingerprint density at radius 1 is 1.21 bits per heavy atom. The third-order valence-electron chi connectivity index (χ3n) is 3.36. The molecule has 3 rings (SSSR count). The first-order valence-corrected chi connectivity index (χ1v) is 7.41. The standard InChI is InChI=1S/C17H15FN4O2/c1-3-24-17(23)12-4-7-14(8-5-12)20-21-16-11(2)19-15-9-6-13(18)10-22(15)16/h4-10H,3H2,1-2H3. The Morgan fingerprint density at radius 2 is 1.96 bits per heavy atom. The Hall–Kier alpha value is -3.09. The van der Waals surface area contributed by atoms with E-state index in [1.165, 1.54) is 12.3 Å². The van der Waals surface area contributed by atoms with E-state index in [0.717, 1.165) is 0 Å². The molecule has 0 atom stereocenters. The number of carbonyl (C=O) groups is 1. The summed E-state index contributed by atoms with van der Waals surface area (Å²) >= 11 is 0. The third-order valence-corrected chi connectivity index (χ3v) is 3.36. The van der Waals surface area contributed by atoms with Crippen molar-refractivity contribution in [1.82, 2.24) is 9.38 Å². The van der Waals surface area contributed by atoms with E-state index in [2.05, 4.69) is 15.2 Å². The summed E-state index contributed by atoms with van der Waals surface area (Å²) in [5, 5.41) is 8.28. The highest BCUT2D eigenvalue weighted by Gasteiger charge is 2.09. The molecule has 0 unspecified atom stereocenters. The average Bonchev–Trinajstić information content (AvgIpc) is 2.88. The van der Waals surface area contributed by atoms with Gasteiger partial charge in [0.2, 0.25) is 0 Å². The molecule has 2 heterocycles. The minimum atomic E-state index is -0.380. The topological polar surface area (TPSA) is 68.3 Å². The van der Waals surface area contributed by atoms with Crippen LogP contribution in [0.4, 0.5) is 15.9 Å². The van der Waals surface area contributed by atoms with Crippen LogP contribution < -0.4 is 0 Å². The number of azo groups is 1. The van der Waals surface area contributed by atoms with Crippen molar-refractivity contribution < 1.29 is 13.9 Å². The number of aryl methyl sites for hydroxylation is 1. The monoisotopic (exact) mass is 326 g/mol. The van der Waals surface area contributed by atoms with Crippen LogP contribution in [-0.4, -0.2) is 22.0 Å². The molecule has 3 aromatic rings. The SMILES string of the molecule is CCOC(=O)c1ccc(N=Nc2c(C)nc3ccc(F)cn23)cc1. The van der Waals surface area contributed by atoms with Gasteiger partial charge in [0.15, 0.2) is 5.82 Å². The molecule has 0 amide bonds. The van der Waals surface area contributed by atoms with E-state index in [0.29, 0.717) is 35.0 Å². The molecule has 2 aromatic heterocycles. The maximum atomic E-state index is 13.4. The molecule has 0 N–H and O–H groups in total. The molecule has 0 aliphatic carbocycles. The molecule has 0 fully saturated rings.